The summed E-state index contributed by atoms with van der Waals surface area (Å²) in [4.78, 5) is 28.2. The normalized spacial score (nSPS) is 15.2. The van der Waals surface area contributed by atoms with E-state index in [1.165, 1.54) is 5.56 Å². The van der Waals surface area contributed by atoms with Crippen LogP contribution in [0.15, 0.2) is 24.3 Å². The molecule has 0 radical (unpaired) electrons. The van der Waals surface area contributed by atoms with Gasteiger partial charge in [0.2, 0.25) is 5.91 Å². The molecule has 1 N–H and O–H groups in total. The topological polar surface area (TPSA) is 71.1 Å². The number of hydrogen-bond donors (Lipinski definition) is 1. The molecule has 1 aromatic rings. The molecular weight excluding hydrogens is 370 g/mol. The first-order chi connectivity index (χ1) is 13.8. The molecule has 0 unspecified atom stereocenters. The van der Waals surface area contributed by atoms with Crippen LogP contribution in [-0.4, -0.2) is 81.2 Å². The summed E-state index contributed by atoms with van der Waals surface area (Å²) in [5, 5.41) is 2.89. The summed E-state index contributed by atoms with van der Waals surface area (Å²) in [5.74, 6) is 0.701. The lowest BCUT2D eigenvalue weighted by atomic mass is 9.87. The molecule has 162 valence electrons. The van der Waals surface area contributed by atoms with Gasteiger partial charge in [-0.3, -0.25) is 14.5 Å². The van der Waals surface area contributed by atoms with Crippen molar-refractivity contribution >= 4 is 11.8 Å². The predicted molar refractivity (Wildman–Crippen MR) is 113 cm³/mol. The molecule has 7 nitrogen and oxygen atoms in total. The molecule has 7 heteroatoms. The zero-order valence-electron chi connectivity index (χ0n) is 18.2. The van der Waals surface area contributed by atoms with Crippen LogP contribution in [0.5, 0.6) is 5.75 Å². The van der Waals surface area contributed by atoms with Gasteiger partial charge in [-0.15, -0.1) is 0 Å². The Balaban J connectivity index is 1.67. The smallest absolute Gasteiger partial charge is 0.260 e. The van der Waals surface area contributed by atoms with Crippen LogP contribution < -0.4 is 10.1 Å². The van der Waals surface area contributed by atoms with E-state index in [2.05, 4.69) is 31.0 Å². The number of rotatable bonds is 9. The lowest BCUT2D eigenvalue weighted by molar-refractivity contribution is -0.135. The van der Waals surface area contributed by atoms with Crippen LogP contribution in [0, 0.1) is 0 Å². The number of nitrogens with one attached hydrogen (secondary N) is 1. The second-order valence-corrected chi connectivity index (χ2v) is 8.42. The summed E-state index contributed by atoms with van der Waals surface area (Å²) >= 11 is 0. The van der Waals surface area contributed by atoms with Crippen molar-refractivity contribution < 1.29 is 19.1 Å². The molecule has 2 rings (SSSR count). The minimum Gasteiger partial charge on any atom is -0.484 e. The van der Waals surface area contributed by atoms with Crippen molar-refractivity contribution in [1.29, 1.82) is 0 Å². The highest BCUT2D eigenvalue weighted by atomic mass is 16.5. The monoisotopic (exact) mass is 405 g/mol. The highest BCUT2D eigenvalue weighted by Gasteiger charge is 2.22. The molecule has 29 heavy (non-hydrogen) atoms. The number of carbonyl (C=O) groups excluding carboxylic acids is 2. The molecule has 0 bridgehead atoms. The molecule has 0 aliphatic carbocycles. The van der Waals surface area contributed by atoms with E-state index >= 15 is 0 Å². The van der Waals surface area contributed by atoms with Crippen molar-refractivity contribution in [3.63, 3.8) is 0 Å². The van der Waals surface area contributed by atoms with Gasteiger partial charge in [-0.1, -0.05) is 32.9 Å². The van der Waals surface area contributed by atoms with Crippen LogP contribution in [0.4, 0.5) is 0 Å². The van der Waals surface area contributed by atoms with Gasteiger partial charge in [0.05, 0.1) is 6.54 Å². The Kier molecular flexibility index (Phi) is 8.92. The number of piperazine rings is 1. The van der Waals surface area contributed by atoms with Gasteiger partial charge in [-0.25, -0.2) is 0 Å². The fourth-order valence-corrected chi connectivity index (χ4v) is 3.15. The Labute approximate surface area is 174 Å². The zero-order valence-corrected chi connectivity index (χ0v) is 18.2. The molecule has 1 fully saturated rings. The van der Waals surface area contributed by atoms with Crippen LogP contribution in [-0.2, 0) is 19.7 Å². The number of amides is 2. The molecule has 0 atom stereocenters. The SMILES string of the molecule is COCCCNC(=O)CN1CCN(C(=O)COc2ccc(C(C)(C)C)cc2)CC1. The second-order valence-electron chi connectivity index (χ2n) is 8.42. The van der Waals surface area contributed by atoms with Gasteiger partial charge < -0.3 is 19.7 Å². The molecule has 1 aromatic carbocycles. The first-order valence-corrected chi connectivity index (χ1v) is 10.3. The van der Waals surface area contributed by atoms with Crippen LogP contribution >= 0.6 is 0 Å². The van der Waals surface area contributed by atoms with Crippen LogP contribution in [0.2, 0.25) is 0 Å². The molecule has 2 amide bonds. The highest BCUT2D eigenvalue weighted by molar-refractivity contribution is 5.79. The third-order valence-corrected chi connectivity index (χ3v) is 5.02. The Morgan fingerprint density at radius 3 is 2.31 bits per heavy atom. The van der Waals surface area contributed by atoms with Crippen molar-refractivity contribution in [1.82, 2.24) is 15.1 Å². The second kappa shape index (κ2) is 11.2. The van der Waals surface area contributed by atoms with Crippen molar-refractivity contribution in [2.75, 3.05) is 59.6 Å². The van der Waals surface area contributed by atoms with E-state index in [4.69, 9.17) is 9.47 Å². The quantitative estimate of drug-likeness (QED) is 0.633. The summed E-state index contributed by atoms with van der Waals surface area (Å²) in [5.41, 5.74) is 1.32. The van der Waals surface area contributed by atoms with E-state index < -0.39 is 0 Å². The number of hydrogen-bond acceptors (Lipinski definition) is 5. The number of benzene rings is 1. The molecule has 0 saturated carbocycles. The van der Waals surface area contributed by atoms with Crippen molar-refractivity contribution in [3.05, 3.63) is 29.8 Å². The largest absolute Gasteiger partial charge is 0.484 e. The van der Waals surface area contributed by atoms with E-state index in [1.54, 1.807) is 12.0 Å². The maximum absolute atomic E-state index is 12.4. The average Bonchev–Trinajstić information content (AvgIpc) is 2.69. The van der Waals surface area contributed by atoms with Gasteiger partial charge in [-0.2, -0.15) is 0 Å². The fraction of sp³-hybridized carbons (Fsp3) is 0.636. The van der Waals surface area contributed by atoms with Crippen LogP contribution in [0.1, 0.15) is 32.8 Å². The maximum atomic E-state index is 12.4. The summed E-state index contributed by atoms with van der Waals surface area (Å²) < 4.78 is 10.6. The van der Waals surface area contributed by atoms with Crippen molar-refractivity contribution in [2.24, 2.45) is 0 Å². The summed E-state index contributed by atoms with van der Waals surface area (Å²) in [7, 11) is 1.65. The Morgan fingerprint density at radius 2 is 1.72 bits per heavy atom. The predicted octanol–water partition coefficient (Wildman–Crippen LogP) is 1.66. The minimum atomic E-state index is -0.0198. The summed E-state index contributed by atoms with van der Waals surface area (Å²) in [6.45, 7) is 10.8. The Bertz CT molecular complexity index is 647. The summed E-state index contributed by atoms with van der Waals surface area (Å²) in [6.07, 6.45) is 0.809. The first kappa shape index (κ1) is 23.2. The number of methoxy groups -OCH3 is 1. The van der Waals surface area contributed by atoms with E-state index in [-0.39, 0.29) is 23.8 Å². The van der Waals surface area contributed by atoms with Gasteiger partial charge in [0.1, 0.15) is 5.75 Å². The van der Waals surface area contributed by atoms with Gasteiger partial charge in [0, 0.05) is 46.4 Å². The third kappa shape index (κ3) is 8.03. The first-order valence-electron chi connectivity index (χ1n) is 10.3. The van der Waals surface area contributed by atoms with Gasteiger partial charge >= 0.3 is 0 Å². The maximum Gasteiger partial charge on any atom is 0.260 e. The molecule has 1 heterocycles. The zero-order chi connectivity index (χ0) is 21.3. The molecule has 1 saturated heterocycles. The van der Waals surface area contributed by atoms with Gasteiger partial charge in [0.25, 0.3) is 5.91 Å². The van der Waals surface area contributed by atoms with Crippen molar-refractivity contribution in [2.45, 2.75) is 32.6 Å². The van der Waals surface area contributed by atoms with E-state index in [0.717, 1.165) is 6.42 Å². The van der Waals surface area contributed by atoms with Crippen LogP contribution in [0.3, 0.4) is 0 Å². The molecule has 0 spiro atoms. The Hall–Kier alpha value is -2.12. The Morgan fingerprint density at radius 1 is 1.07 bits per heavy atom. The molecular formula is C22H35N3O4. The number of ether oxygens (including phenoxy) is 2. The number of nitrogens with zero attached hydrogens (tertiary/aromatic N) is 2. The van der Waals surface area contributed by atoms with Crippen LogP contribution in [0.25, 0.3) is 0 Å². The van der Waals surface area contributed by atoms with Gasteiger partial charge in [-0.05, 0) is 29.5 Å². The van der Waals surface area contributed by atoms with E-state index in [0.29, 0.717) is 51.6 Å². The fourth-order valence-electron chi connectivity index (χ4n) is 3.15. The van der Waals surface area contributed by atoms with Gasteiger partial charge in [0.15, 0.2) is 6.61 Å². The molecule has 1 aliphatic rings. The van der Waals surface area contributed by atoms with Crippen molar-refractivity contribution in [3.8, 4) is 5.75 Å². The number of carbonyl (C=O) groups is 2. The average molecular weight is 406 g/mol. The lowest BCUT2D eigenvalue weighted by Crippen LogP contribution is -2.52. The molecule has 1 aliphatic heterocycles. The van der Waals surface area contributed by atoms with E-state index in [9.17, 15) is 9.59 Å². The highest BCUT2D eigenvalue weighted by Crippen LogP contribution is 2.24. The summed E-state index contributed by atoms with van der Waals surface area (Å²) in [6, 6.07) is 7.91. The van der Waals surface area contributed by atoms with E-state index in [1.807, 2.05) is 24.3 Å². The molecule has 0 aromatic heterocycles. The standard InChI is InChI=1S/C22H35N3O4/c1-22(2,3)18-6-8-19(9-7-18)29-17-21(27)25-13-11-24(12-14-25)16-20(26)23-10-5-15-28-4/h6-9H,5,10-17H2,1-4H3,(H,23,26). The lowest BCUT2D eigenvalue weighted by Gasteiger charge is -2.34. The minimum absolute atomic E-state index is 0.0166. The third-order valence-electron chi connectivity index (χ3n) is 5.02.